The van der Waals surface area contributed by atoms with Gasteiger partial charge in [-0.2, -0.15) is 0 Å². The lowest BCUT2D eigenvalue weighted by molar-refractivity contribution is 0.429. The molecule has 16 heavy (non-hydrogen) atoms. The van der Waals surface area contributed by atoms with Crippen LogP contribution in [0.15, 0.2) is 12.1 Å². The van der Waals surface area contributed by atoms with Crippen LogP contribution in [0.5, 0.6) is 0 Å². The van der Waals surface area contributed by atoms with Crippen molar-refractivity contribution in [2.45, 2.75) is 39.3 Å². The molecule has 0 amide bonds. The summed E-state index contributed by atoms with van der Waals surface area (Å²) in [7, 11) is 0. The van der Waals surface area contributed by atoms with Gasteiger partial charge in [-0.3, -0.25) is 0 Å². The second-order valence-electron chi connectivity index (χ2n) is 5.30. The molecule has 1 fully saturated rings. The minimum absolute atomic E-state index is 0.625. The third-order valence-corrected chi connectivity index (χ3v) is 4.10. The number of anilines is 1. The van der Waals surface area contributed by atoms with E-state index in [2.05, 4.69) is 43.1 Å². The van der Waals surface area contributed by atoms with Crippen molar-refractivity contribution in [1.82, 2.24) is 5.32 Å². The van der Waals surface area contributed by atoms with Gasteiger partial charge >= 0.3 is 0 Å². The molecule has 1 aromatic carbocycles. The molecule has 0 aliphatic carbocycles. The molecule has 2 heteroatoms. The maximum atomic E-state index is 3.54. The van der Waals surface area contributed by atoms with E-state index in [1.54, 1.807) is 5.56 Å². The minimum Gasteiger partial charge on any atom is -0.363 e. The lowest BCUT2D eigenvalue weighted by Gasteiger charge is -2.39. The van der Waals surface area contributed by atoms with Crippen LogP contribution in [0.1, 0.15) is 23.6 Å². The first-order valence-electron chi connectivity index (χ1n) is 6.26. The van der Waals surface area contributed by atoms with Crippen LogP contribution in [-0.4, -0.2) is 25.2 Å². The fourth-order valence-corrected chi connectivity index (χ4v) is 3.30. The molecule has 0 aromatic heterocycles. The zero-order chi connectivity index (χ0) is 11.3. The normalized spacial score (nSPS) is 27.8. The molecule has 1 N–H and O–H groups in total. The smallest absolute Gasteiger partial charge is 0.0459 e. The molecule has 2 heterocycles. The summed E-state index contributed by atoms with van der Waals surface area (Å²) in [5.41, 5.74) is 6.01. The first-order valence-corrected chi connectivity index (χ1v) is 6.26. The molecular weight excluding hydrogens is 196 g/mol. The summed E-state index contributed by atoms with van der Waals surface area (Å²) >= 11 is 0. The van der Waals surface area contributed by atoms with Gasteiger partial charge in [0.15, 0.2) is 0 Å². The Morgan fingerprint density at radius 2 is 1.94 bits per heavy atom. The van der Waals surface area contributed by atoms with Gasteiger partial charge in [0.25, 0.3) is 0 Å². The van der Waals surface area contributed by atoms with Crippen LogP contribution < -0.4 is 10.2 Å². The molecule has 86 valence electrons. The van der Waals surface area contributed by atoms with E-state index in [0.717, 1.165) is 13.1 Å². The summed E-state index contributed by atoms with van der Waals surface area (Å²) in [6, 6.07) is 5.84. The fraction of sp³-hybridized carbons (Fsp3) is 0.571. The topological polar surface area (TPSA) is 15.3 Å². The van der Waals surface area contributed by atoms with Gasteiger partial charge in [-0.15, -0.1) is 0 Å². The van der Waals surface area contributed by atoms with E-state index in [1.807, 2.05) is 0 Å². The van der Waals surface area contributed by atoms with Crippen molar-refractivity contribution >= 4 is 5.69 Å². The summed E-state index contributed by atoms with van der Waals surface area (Å²) in [4.78, 5) is 2.65. The molecule has 2 aliphatic rings. The predicted octanol–water partition coefficient (Wildman–Crippen LogP) is 2.03. The molecule has 2 atom stereocenters. The van der Waals surface area contributed by atoms with Crippen molar-refractivity contribution in [3.63, 3.8) is 0 Å². The lowest BCUT2D eigenvalue weighted by Crippen LogP contribution is -2.55. The predicted molar refractivity (Wildman–Crippen MR) is 68.2 cm³/mol. The van der Waals surface area contributed by atoms with E-state index >= 15 is 0 Å². The van der Waals surface area contributed by atoms with Gasteiger partial charge in [0.2, 0.25) is 0 Å². The highest BCUT2D eigenvalue weighted by Gasteiger charge is 2.36. The average molecular weight is 216 g/mol. The third kappa shape index (κ3) is 1.29. The standard InChI is InChI=1S/C14H20N2/c1-9-4-5-10(2)14-13(9)6-12-8-15-7-11(3)16(12)14/h4-5,11-12,15H,6-8H2,1-3H3/t11?,12-/m0/s1. The molecular formula is C14H20N2. The van der Waals surface area contributed by atoms with Crippen molar-refractivity contribution in [2.75, 3.05) is 18.0 Å². The van der Waals surface area contributed by atoms with Crippen molar-refractivity contribution in [3.05, 3.63) is 28.8 Å². The largest absolute Gasteiger partial charge is 0.363 e. The highest BCUT2D eigenvalue weighted by molar-refractivity contribution is 5.67. The van der Waals surface area contributed by atoms with Crippen LogP contribution >= 0.6 is 0 Å². The number of nitrogens with zero attached hydrogens (tertiary/aromatic N) is 1. The van der Waals surface area contributed by atoms with Gasteiger partial charge < -0.3 is 10.2 Å². The SMILES string of the molecule is Cc1ccc(C)c2c1C[C@H]1CNCC(C)N21. The Kier molecular flexibility index (Phi) is 2.21. The Morgan fingerprint density at radius 3 is 2.75 bits per heavy atom. The first-order chi connectivity index (χ1) is 7.68. The zero-order valence-corrected chi connectivity index (χ0v) is 10.4. The maximum absolute atomic E-state index is 3.54. The maximum Gasteiger partial charge on any atom is 0.0459 e. The second kappa shape index (κ2) is 3.49. The molecule has 1 aromatic rings. The minimum atomic E-state index is 0.625. The third-order valence-electron chi connectivity index (χ3n) is 4.10. The van der Waals surface area contributed by atoms with E-state index in [4.69, 9.17) is 0 Å². The molecule has 2 aliphatic heterocycles. The number of nitrogens with one attached hydrogen (secondary N) is 1. The van der Waals surface area contributed by atoms with Gasteiger partial charge in [0, 0.05) is 30.9 Å². The molecule has 0 saturated carbocycles. The molecule has 3 rings (SSSR count). The monoisotopic (exact) mass is 216 g/mol. The molecule has 0 radical (unpaired) electrons. The molecule has 0 bridgehead atoms. The summed E-state index contributed by atoms with van der Waals surface area (Å²) in [6.45, 7) is 9.07. The average Bonchev–Trinajstić information content (AvgIpc) is 2.65. The lowest BCUT2D eigenvalue weighted by atomic mass is 10.0. The number of aryl methyl sites for hydroxylation is 2. The van der Waals surface area contributed by atoms with Crippen molar-refractivity contribution < 1.29 is 0 Å². The summed E-state index contributed by atoms with van der Waals surface area (Å²) < 4.78 is 0. The van der Waals surface area contributed by atoms with Crippen molar-refractivity contribution in [2.24, 2.45) is 0 Å². The molecule has 1 unspecified atom stereocenters. The summed E-state index contributed by atoms with van der Waals surface area (Å²) in [5.74, 6) is 0. The summed E-state index contributed by atoms with van der Waals surface area (Å²) in [5, 5.41) is 3.54. The molecule has 2 nitrogen and oxygen atoms in total. The number of benzene rings is 1. The van der Waals surface area contributed by atoms with Gasteiger partial charge in [0.1, 0.15) is 0 Å². The fourth-order valence-electron chi connectivity index (χ4n) is 3.30. The quantitative estimate of drug-likeness (QED) is 0.714. The second-order valence-corrected chi connectivity index (χ2v) is 5.30. The Labute approximate surface area is 97.6 Å². The first kappa shape index (κ1) is 10.2. The number of rotatable bonds is 0. The zero-order valence-electron chi connectivity index (χ0n) is 10.4. The Hall–Kier alpha value is -1.02. The van der Waals surface area contributed by atoms with Gasteiger partial charge in [-0.1, -0.05) is 12.1 Å². The van der Waals surface area contributed by atoms with Gasteiger partial charge in [-0.25, -0.2) is 0 Å². The van der Waals surface area contributed by atoms with Gasteiger partial charge in [-0.05, 0) is 43.9 Å². The Balaban J connectivity index is 2.13. The van der Waals surface area contributed by atoms with E-state index < -0.39 is 0 Å². The van der Waals surface area contributed by atoms with Crippen LogP contribution in [0.3, 0.4) is 0 Å². The number of piperazine rings is 1. The number of fused-ring (bicyclic) bond motifs is 3. The molecule has 1 saturated heterocycles. The Morgan fingerprint density at radius 1 is 1.19 bits per heavy atom. The van der Waals surface area contributed by atoms with Crippen molar-refractivity contribution in [1.29, 1.82) is 0 Å². The highest BCUT2D eigenvalue weighted by Crippen LogP contribution is 2.39. The van der Waals surface area contributed by atoms with Crippen LogP contribution in [0.25, 0.3) is 0 Å². The van der Waals surface area contributed by atoms with E-state index in [0.29, 0.717) is 12.1 Å². The van der Waals surface area contributed by atoms with Crippen molar-refractivity contribution in [3.8, 4) is 0 Å². The van der Waals surface area contributed by atoms with Crippen LogP contribution in [0.4, 0.5) is 5.69 Å². The number of hydrogen-bond acceptors (Lipinski definition) is 2. The van der Waals surface area contributed by atoms with E-state index in [-0.39, 0.29) is 0 Å². The van der Waals surface area contributed by atoms with Crippen LogP contribution in [0, 0.1) is 13.8 Å². The van der Waals surface area contributed by atoms with Crippen LogP contribution in [-0.2, 0) is 6.42 Å². The van der Waals surface area contributed by atoms with E-state index in [9.17, 15) is 0 Å². The highest BCUT2D eigenvalue weighted by atomic mass is 15.3. The van der Waals surface area contributed by atoms with Crippen LogP contribution in [0.2, 0.25) is 0 Å². The molecule has 0 spiro atoms. The van der Waals surface area contributed by atoms with E-state index in [1.165, 1.54) is 23.2 Å². The number of hydrogen-bond donors (Lipinski definition) is 1. The summed E-state index contributed by atoms with van der Waals surface area (Å²) in [6.07, 6.45) is 1.22. The van der Waals surface area contributed by atoms with Gasteiger partial charge in [0.05, 0.1) is 0 Å². The Bertz CT molecular complexity index is 425.